The number of halogens is 1. The van der Waals surface area contributed by atoms with Crippen molar-refractivity contribution in [3.63, 3.8) is 0 Å². The predicted octanol–water partition coefficient (Wildman–Crippen LogP) is 2.56. The lowest BCUT2D eigenvalue weighted by atomic mass is 9.96. The lowest BCUT2D eigenvalue weighted by molar-refractivity contribution is -0.122. The largest absolute Gasteiger partial charge is 0.357 e. The Balaban J connectivity index is 1.50. The molecule has 1 aromatic rings. The first-order valence-electron chi connectivity index (χ1n) is 9.19. The van der Waals surface area contributed by atoms with Gasteiger partial charge in [-0.1, -0.05) is 28.1 Å². The summed E-state index contributed by atoms with van der Waals surface area (Å²) in [7, 11) is 0. The molecule has 0 unspecified atom stereocenters. The van der Waals surface area contributed by atoms with E-state index in [9.17, 15) is 4.79 Å². The number of guanidine groups is 1. The summed E-state index contributed by atoms with van der Waals surface area (Å²) < 4.78 is 1.12. The number of carbonyl (C=O) groups excluding carboxylic acids is 1. The highest BCUT2D eigenvalue weighted by Crippen LogP contribution is 2.48. The van der Waals surface area contributed by atoms with Gasteiger partial charge >= 0.3 is 0 Å². The maximum atomic E-state index is 11.6. The van der Waals surface area contributed by atoms with Gasteiger partial charge in [0, 0.05) is 35.4 Å². The van der Waals surface area contributed by atoms with Crippen LogP contribution in [0.15, 0.2) is 33.7 Å². The molecule has 0 radical (unpaired) electrons. The van der Waals surface area contributed by atoms with Gasteiger partial charge in [0.1, 0.15) is 0 Å². The van der Waals surface area contributed by atoms with Crippen molar-refractivity contribution in [2.75, 3.05) is 26.2 Å². The normalized spacial score (nSPS) is 18.6. The molecule has 0 saturated heterocycles. The van der Waals surface area contributed by atoms with Crippen molar-refractivity contribution >= 4 is 27.8 Å². The summed E-state index contributed by atoms with van der Waals surface area (Å²) in [6.07, 6.45) is 4.45. The molecular weight excluding hydrogens is 380 g/mol. The number of hydrogen-bond donors (Lipinski definition) is 3. The first-order chi connectivity index (χ1) is 12.1. The van der Waals surface area contributed by atoms with Gasteiger partial charge < -0.3 is 16.0 Å². The van der Waals surface area contributed by atoms with E-state index in [1.807, 2.05) is 0 Å². The van der Waals surface area contributed by atoms with Crippen LogP contribution in [0.25, 0.3) is 0 Å². The minimum atomic E-state index is 0.187. The van der Waals surface area contributed by atoms with Crippen LogP contribution in [0.3, 0.4) is 0 Å². The van der Waals surface area contributed by atoms with Crippen LogP contribution in [0.2, 0.25) is 0 Å². The average Bonchev–Trinajstić information content (AvgIpc) is 3.49. The van der Waals surface area contributed by atoms with Gasteiger partial charge in [-0.05, 0) is 50.3 Å². The Labute approximate surface area is 158 Å². The molecule has 25 heavy (non-hydrogen) atoms. The van der Waals surface area contributed by atoms with E-state index in [1.54, 1.807) is 0 Å². The van der Waals surface area contributed by atoms with Gasteiger partial charge in [-0.3, -0.25) is 9.79 Å². The summed E-state index contributed by atoms with van der Waals surface area (Å²) in [5.74, 6) is 1.28. The Morgan fingerprint density at radius 1 is 1.24 bits per heavy atom. The number of hydrogen-bond acceptors (Lipinski definition) is 2. The molecule has 5 nitrogen and oxygen atoms in total. The lowest BCUT2D eigenvalue weighted by Crippen LogP contribution is -2.42. The fraction of sp³-hybridized carbons (Fsp3) is 0.579. The summed E-state index contributed by atoms with van der Waals surface area (Å²) in [6, 6.07) is 8.55. The van der Waals surface area contributed by atoms with Crippen LogP contribution in [-0.4, -0.2) is 38.0 Å². The number of aliphatic imine (C=N–C) groups is 1. The Morgan fingerprint density at radius 3 is 2.64 bits per heavy atom. The molecule has 0 bridgehead atoms. The third kappa shape index (κ3) is 5.21. The molecule has 6 heteroatoms. The lowest BCUT2D eigenvalue weighted by Gasteiger charge is -2.16. The van der Waals surface area contributed by atoms with Crippen molar-refractivity contribution in [3.05, 3.63) is 34.3 Å². The Morgan fingerprint density at radius 2 is 2.00 bits per heavy atom. The first kappa shape index (κ1) is 18.2. The summed E-state index contributed by atoms with van der Waals surface area (Å²) in [5.41, 5.74) is 1.55. The van der Waals surface area contributed by atoms with Gasteiger partial charge in [0.2, 0.25) is 5.91 Å². The average molecular weight is 407 g/mol. The molecule has 0 heterocycles. The molecule has 0 spiro atoms. The first-order valence-corrected chi connectivity index (χ1v) is 9.98. The monoisotopic (exact) mass is 406 g/mol. The van der Waals surface area contributed by atoms with E-state index in [0.717, 1.165) is 36.4 Å². The topological polar surface area (TPSA) is 65.5 Å². The van der Waals surface area contributed by atoms with Crippen molar-refractivity contribution in [2.45, 2.75) is 38.0 Å². The fourth-order valence-electron chi connectivity index (χ4n) is 2.94. The molecule has 0 atom stereocenters. The maximum Gasteiger partial charge on any atom is 0.223 e. The Hall–Kier alpha value is -1.56. The van der Waals surface area contributed by atoms with Gasteiger partial charge in [-0.2, -0.15) is 0 Å². The summed E-state index contributed by atoms with van der Waals surface area (Å²) in [5, 5.41) is 9.57. The summed E-state index contributed by atoms with van der Waals surface area (Å²) in [6.45, 7) is 5.00. The molecule has 2 fully saturated rings. The summed E-state index contributed by atoms with van der Waals surface area (Å²) in [4.78, 5) is 16.4. The van der Waals surface area contributed by atoms with E-state index >= 15 is 0 Å². The van der Waals surface area contributed by atoms with Crippen LogP contribution in [0.4, 0.5) is 0 Å². The van der Waals surface area contributed by atoms with E-state index in [2.05, 4.69) is 63.1 Å². The van der Waals surface area contributed by atoms with Crippen molar-refractivity contribution in [1.29, 1.82) is 0 Å². The van der Waals surface area contributed by atoms with Gasteiger partial charge in [0.15, 0.2) is 5.96 Å². The molecule has 2 aliphatic rings. The highest BCUT2D eigenvalue weighted by Gasteiger charge is 2.44. The zero-order chi connectivity index (χ0) is 17.7. The number of rotatable bonds is 8. The molecule has 3 rings (SSSR count). The quantitative estimate of drug-likeness (QED) is 0.353. The smallest absolute Gasteiger partial charge is 0.223 e. The van der Waals surface area contributed by atoms with E-state index in [0.29, 0.717) is 13.1 Å². The van der Waals surface area contributed by atoms with Crippen LogP contribution >= 0.6 is 15.9 Å². The molecule has 1 aromatic carbocycles. The zero-order valence-corrected chi connectivity index (χ0v) is 16.4. The standard InChI is InChI=1S/C19H27BrN4O/c1-2-21-18(23-11-10-22-17(25)14-6-7-14)24-13-19(8-9-19)15-4-3-5-16(20)12-15/h3-5,12,14H,2,6-11,13H2,1H3,(H,22,25)(H2,21,23,24). The number of carbonyl (C=O) groups is 1. The van der Waals surface area contributed by atoms with E-state index in [4.69, 9.17) is 4.99 Å². The van der Waals surface area contributed by atoms with E-state index in [-0.39, 0.29) is 17.2 Å². The minimum absolute atomic E-state index is 0.187. The van der Waals surface area contributed by atoms with Crippen molar-refractivity contribution in [2.24, 2.45) is 10.9 Å². The maximum absolute atomic E-state index is 11.6. The zero-order valence-electron chi connectivity index (χ0n) is 14.8. The van der Waals surface area contributed by atoms with E-state index < -0.39 is 0 Å². The van der Waals surface area contributed by atoms with Crippen LogP contribution in [0, 0.1) is 5.92 Å². The molecule has 0 aromatic heterocycles. The van der Waals surface area contributed by atoms with E-state index in [1.165, 1.54) is 18.4 Å². The number of nitrogens with zero attached hydrogens (tertiary/aromatic N) is 1. The molecular formula is C19H27BrN4O. The third-order valence-corrected chi connectivity index (χ3v) is 5.33. The highest BCUT2D eigenvalue weighted by atomic mass is 79.9. The second-order valence-corrected chi connectivity index (χ2v) is 7.89. The predicted molar refractivity (Wildman–Crippen MR) is 105 cm³/mol. The molecule has 136 valence electrons. The fourth-order valence-corrected chi connectivity index (χ4v) is 3.34. The molecule has 0 aliphatic heterocycles. The number of benzene rings is 1. The van der Waals surface area contributed by atoms with Crippen LogP contribution in [0.1, 0.15) is 38.2 Å². The Kier molecular flexibility index (Phi) is 5.99. The number of nitrogens with one attached hydrogen (secondary N) is 3. The molecule has 1 amide bonds. The van der Waals surface area contributed by atoms with Crippen LogP contribution < -0.4 is 16.0 Å². The molecule has 2 aliphatic carbocycles. The summed E-state index contributed by atoms with van der Waals surface area (Å²) >= 11 is 3.56. The minimum Gasteiger partial charge on any atom is -0.357 e. The highest BCUT2D eigenvalue weighted by molar-refractivity contribution is 9.10. The van der Waals surface area contributed by atoms with Crippen molar-refractivity contribution in [1.82, 2.24) is 16.0 Å². The number of amides is 1. The Bertz CT molecular complexity index is 638. The second kappa shape index (κ2) is 8.21. The second-order valence-electron chi connectivity index (χ2n) is 6.98. The third-order valence-electron chi connectivity index (χ3n) is 4.84. The van der Waals surface area contributed by atoms with Crippen molar-refractivity contribution < 1.29 is 4.79 Å². The van der Waals surface area contributed by atoms with Crippen LogP contribution in [-0.2, 0) is 10.2 Å². The van der Waals surface area contributed by atoms with Gasteiger partial charge in [-0.15, -0.1) is 0 Å². The SMILES string of the molecule is CCNC(=NCC1(c2cccc(Br)c2)CC1)NCCNC(=O)C1CC1. The van der Waals surface area contributed by atoms with Gasteiger partial charge in [0.25, 0.3) is 0 Å². The molecule has 3 N–H and O–H groups in total. The van der Waals surface area contributed by atoms with Crippen LogP contribution in [0.5, 0.6) is 0 Å². The van der Waals surface area contributed by atoms with Crippen molar-refractivity contribution in [3.8, 4) is 0 Å². The van der Waals surface area contributed by atoms with Gasteiger partial charge in [0.05, 0.1) is 6.54 Å². The molecule has 2 saturated carbocycles. The van der Waals surface area contributed by atoms with Gasteiger partial charge in [-0.25, -0.2) is 0 Å².